The molecule has 2 nitrogen and oxygen atoms in total. The molecule has 0 N–H and O–H groups in total. The van der Waals surface area contributed by atoms with Gasteiger partial charge in [-0.1, -0.05) is 20.8 Å². The Kier molecular flexibility index (Phi) is 2.96. The molecule has 0 unspecified atom stereocenters. The molecule has 0 aromatic carbocycles. The van der Waals surface area contributed by atoms with E-state index in [0.717, 1.165) is 0 Å². The monoisotopic (exact) mass is 221 g/mol. The second-order valence-corrected chi connectivity index (χ2v) is 7.81. The molecule has 0 amide bonds. The van der Waals surface area contributed by atoms with Crippen LogP contribution >= 0.6 is 0 Å². The van der Waals surface area contributed by atoms with Crippen LogP contribution in [0.3, 0.4) is 0 Å². The van der Waals surface area contributed by atoms with Crippen molar-refractivity contribution in [2.75, 3.05) is 18.6 Å². The third-order valence-electron chi connectivity index (χ3n) is 3.31. The molecule has 1 rings (SSSR count). The van der Waals surface area contributed by atoms with Crippen LogP contribution in [0.2, 0.25) is 0 Å². The topological polar surface area (TPSA) is 29.4 Å². The Morgan fingerprint density at radius 3 is 2.00 bits per heavy atom. The molecule has 1 fully saturated rings. The molecule has 0 bridgehead atoms. The average molecular weight is 221 g/mol. The molecule has 0 atom stereocenters. The van der Waals surface area contributed by atoms with Gasteiger partial charge in [-0.05, 0) is 18.3 Å². The lowest BCUT2D eigenvalue weighted by atomic mass is 9.74. The summed E-state index contributed by atoms with van der Waals surface area (Å²) < 4.78 is 30.1. The Morgan fingerprint density at radius 2 is 1.71 bits per heavy atom. The first kappa shape index (κ1) is 12.0. The molecule has 0 aromatic heterocycles. The quantitative estimate of drug-likeness (QED) is 0.618. The van der Waals surface area contributed by atoms with Gasteiger partial charge in [-0.2, -0.15) is 0 Å². The Hall–Kier alpha value is -0.120. The third kappa shape index (κ3) is 2.10. The van der Waals surface area contributed by atoms with E-state index >= 15 is 0 Å². The van der Waals surface area contributed by atoms with Crippen LogP contribution in [-0.2, 0) is 9.73 Å². The Balaban J connectivity index is 2.82. The highest BCUT2D eigenvalue weighted by molar-refractivity contribution is 7.93. The van der Waals surface area contributed by atoms with Crippen molar-refractivity contribution in [1.29, 1.82) is 0 Å². The number of hydrogen-bond donors (Lipinski definition) is 0. The first-order valence-electron chi connectivity index (χ1n) is 5.02. The third-order valence-corrected chi connectivity index (χ3v) is 5.66. The van der Waals surface area contributed by atoms with E-state index in [2.05, 4.69) is 4.36 Å². The van der Waals surface area contributed by atoms with Gasteiger partial charge < -0.3 is 0 Å². The van der Waals surface area contributed by atoms with Gasteiger partial charge in [0.1, 0.15) is 5.67 Å². The van der Waals surface area contributed by atoms with E-state index in [4.69, 9.17) is 0 Å². The van der Waals surface area contributed by atoms with Crippen molar-refractivity contribution in [1.82, 2.24) is 0 Å². The highest BCUT2D eigenvalue weighted by Gasteiger charge is 2.45. The van der Waals surface area contributed by atoms with Crippen LogP contribution in [0.15, 0.2) is 4.36 Å². The molecular formula is C10H20FNOS. The van der Waals surface area contributed by atoms with Crippen LogP contribution in [0.5, 0.6) is 0 Å². The molecule has 4 heteroatoms. The normalized spacial score (nSPS) is 39.5. The molecule has 0 aliphatic carbocycles. The summed E-state index contributed by atoms with van der Waals surface area (Å²) in [4.78, 5) is 0. The minimum Gasteiger partial charge on any atom is -0.250 e. The Morgan fingerprint density at radius 1 is 1.29 bits per heavy atom. The van der Waals surface area contributed by atoms with Crippen molar-refractivity contribution in [3.8, 4) is 0 Å². The standard InChI is InChI=1S/C10H20FNOS/c1-9(2,3)10(11)5-7-14(13,12-4)8-6-10/h5-8H2,1-4H3. The van der Waals surface area contributed by atoms with Crippen LogP contribution < -0.4 is 0 Å². The molecule has 1 aliphatic heterocycles. The fourth-order valence-electron chi connectivity index (χ4n) is 1.80. The first-order chi connectivity index (χ1) is 6.22. The first-order valence-corrected chi connectivity index (χ1v) is 6.87. The van der Waals surface area contributed by atoms with E-state index < -0.39 is 15.4 Å². The summed E-state index contributed by atoms with van der Waals surface area (Å²) in [6.45, 7) is 5.72. The molecule has 1 saturated heterocycles. The van der Waals surface area contributed by atoms with E-state index in [9.17, 15) is 8.60 Å². The highest BCUT2D eigenvalue weighted by Crippen LogP contribution is 2.42. The Labute approximate surface area is 86.5 Å². The summed E-state index contributed by atoms with van der Waals surface area (Å²) in [5.74, 6) is 0.828. The van der Waals surface area contributed by atoms with E-state index in [-0.39, 0.29) is 5.41 Å². The van der Waals surface area contributed by atoms with E-state index in [1.165, 1.54) is 0 Å². The summed E-state index contributed by atoms with van der Waals surface area (Å²) in [5, 5.41) is 0. The predicted molar refractivity (Wildman–Crippen MR) is 58.8 cm³/mol. The number of alkyl halides is 1. The average Bonchev–Trinajstić information content (AvgIpc) is 2.09. The summed E-state index contributed by atoms with van der Waals surface area (Å²) >= 11 is 0. The molecule has 0 spiro atoms. The van der Waals surface area contributed by atoms with Crippen LogP contribution in [0.4, 0.5) is 4.39 Å². The molecule has 0 saturated carbocycles. The van der Waals surface area contributed by atoms with Crippen LogP contribution in [0.25, 0.3) is 0 Å². The van der Waals surface area contributed by atoms with Gasteiger partial charge in [0, 0.05) is 28.3 Å². The van der Waals surface area contributed by atoms with Gasteiger partial charge in [-0.3, -0.25) is 0 Å². The molecule has 0 radical (unpaired) electrons. The van der Waals surface area contributed by atoms with Gasteiger partial charge in [0.15, 0.2) is 0 Å². The maximum absolute atomic E-state index is 14.4. The largest absolute Gasteiger partial charge is 0.250 e. The summed E-state index contributed by atoms with van der Waals surface area (Å²) in [7, 11) is -0.500. The molecule has 84 valence electrons. The van der Waals surface area contributed by atoms with Crippen molar-refractivity contribution < 1.29 is 8.60 Å². The minimum atomic E-state index is -2.07. The lowest BCUT2D eigenvalue weighted by Crippen LogP contribution is -2.45. The molecule has 14 heavy (non-hydrogen) atoms. The smallest absolute Gasteiger partial charge is 0.117 e. The summed E-state index contributed by atoms with van der Waals surface area (Å²) in [5.41, 5.74) is -1.53. The van der Waals surface area contributed by atoms with Crippen LogP contribution in [-0.4, -0.2) is 28.4 Å². The van der Waals surface area contributed by atoms with Crippen LogP contribution in [0.1, 0.15) is 33.6 Å². The van der Waals surface area contributed by atoms with E-state index in [1.54, 1.807) is 7.05 Å². The zero-order valence-electron chi connectivity index (χ0n) is 9.47. The van der Waals surface area contributed by atoms with Crippen molar-refractivity contribution >= 4 is 9.73 Å². The van der Waals surface area contributed by atoms with E-state index in [0.29, 0.717) is 24.3 Å². The van der Waals surface area contributed by atoms with Crippen molar-refractivity contribution in [2.45, 2.75) is 39.3 Å². The summed E-state index contributed by atoms with van der Waals surface area (Å²) in [6.07, 6.45) is 0.763. The van der Waals surface area contributed by atoms with Gasteiger partial charge >= 0.3 is 0 Å². The second-order valence-electron chi connectivity index (χ2n) is 5.08. The summed E-state index contributed by atoms with van der Waals surface area (Å²) in [6, 6.07) is 0. The maximum atomic E-state index is 14.4. The molecule has 0 aromatic rings. The zero-order valence-corrected chi connectivity index (χ0v) is 10.3. The van der Waals surface area contributed by atoms with Crippen molar-refractivity contribution in [3.05, 3.63) is 0 Å². The van der Waals surface area contributed by atoms with Crippen LogP contribution in [0, 0.1) is 5.41 Å². The van der Waals surface area contributed by atoms with Crippen molar-refractivity contribution in [3.63, 3.8) is 0 Å². The number of hydrogen-bond acceptors (Lipinski definition) is 2. The number of halogens is 1. The zero-order chi connectivity index (χ0) is 11.0. The predicted octanol–water partition coefficient (Wildman–Crippen LogP) is 2.63. The Bertz CT molecular complexity index is 310. The fourth-order valence-corrected chi connectivity index (χ4v) is 3.66. The lowest BCUT2D eigenvalue weighted by Gasteiger charge is -2.41. The SMILES string of the molecule is CN=S1(=O)CCC(F)(C(C)(C)C)CC1. The second kappa shape index (κ2) is 3.47. The number of nitrogens with zero attached hydrogens (tertiary/aromatic N) is 1. The van der Waals surface area contributed by atoms with Gasteiger partial charge in [0.2, 0.25) is 0 Å². The minimum absolute atomic E-state index is 0.360. The number of rotatable bonds is 0. The maximum Gasteiger partial charge on any atom is 0.117 e. The van der Waals surface area contributed by atoms with Gasteiger partial charge in [-0.25, -0.2) is 13.0 Å². The fraction of sp³-hybridized carbons (Fsp3) is 1.00. The van der Waals surface area contributed by atoms with Gasteiger partial charge in [0.25, 0.3) is 0 Å². The van der Waals surface area contributed by atoms with Crippen molar-refractivity contribution in [2.24, 2.45) is 9.78 Å². The molecule has 1 aliphatic rings. The lowest BCUT2D eigenvalue weighted by molar-refractivity contribution is 0.0200. The molecular weight excluding hydrogens is 201 g/mol. The molecule has 1 heterocycles. The van der Waals surface area contributed by atoms with E-state index in [1.807, 2.05) is 20.8 Å². The van der Waals surface area contributed by atoms with Gasteiger partial charge in [-0.15, -0.1) is 0 Å². The highest BCUT2D eigenvalue weighted by atomic mass is 32.2. The van der Waals surface area contributed by atoms with Gasteiger partial charge in [0.05, 0.1) is 0 Å².